The second-order valence-electron chi connectivity index (χ2n) is 4.80. The van der Waals surface area contributed by atoms with Crippen molar-refractivity contribution >= 4 is 27.5 Å². The van der Waals surface area contributed by atoms with E-state index in [9.17, 15) is 0 Å². The molecule has 21 heavy (non-hydrogen) atoms. The first-order valence-electron chi connectivity index (χ1n) is 6.49. The van der Waals surface area contributed by atoms with Gasteiger partial charge in [-0.2, -0.15) is 0 Å². The first-order chi connectivity index (χ1) is 10.2. The van der Waals surface area contributed by atoms with E-state index in [4.69, 9.17) is 24.7 Å². The van der Waals surface area contributed by atoms with Gasteiger partial charge < -0.3 is 29.7 Å². The molecule has 1 aliphatic rings. The monoisotopic (exact) mass is 286 g/mol. The van der Waals surface area contributed by atoms with Crippen molar-refractivity contribution < 1.29 is 18.9 Å². The Labute approximate surface area is 120 Å². The van der Waals surface area contributed by atoms with Crippen molar-refractivity contribution in [2.24, 2.45) is 0 Å². The molecule has 108 valence electrons. The quantitative estimate of drug-likeness (QED) is 0.708. The lowest BCUT2D eigenvalue weighted by Crippen LogP contribution is -1.94. The Kier molecular flexibility index (Phi) is 2.35. The summed E-state index contributed by atoms with van der Waals surface area (Å²) in [5.41, 5.74) is 8.22. The van der Waals surface area contributed by atoms with Crippen LogP contribution < -0.4 is 24.7 Å². The smallest absolute Gasteiger partial charge is 0.231 e. The molecule has 2 aromatic carbocycles. The second kappa shape index (κ2) is 4.12. The summed E-state index contributed by atoms with van der Waals surface area (Å²) in [5.74, 6) is 2.53. The lowest BCUT2D eigenvalue weighted by molar-refractivity contribution is 0.172. The molecular weight excluding hydrogens is 272 g/mol. The van der Waals surface area contributed by atoms with Crippen LogP contribution in [0.5, 0.6) is 23.0 Å². The molecule has 0 radical (unpaired) electrons. The topological polar surface area (TPSA) is 78.7 Å². The number of nitrogens with one attached hydrogen (secondary N) is 1. The molecule has 0 atom stereocenters. The van der Waals surface area contributed by atoms with Gasteiger partial charge in [0.1, 0.15) is 0 Å². The third kappa shape index (κ3) is 1.47. The van der Waals surface area contributed by atoms with Gasteiger partial charge in [0.25, 0.3) is 0 Å². The van der Waals surface area contributed by atoms with E-state index in [1.807, 2.05) is 18.2 Å². The van der Waals surface area contributed by atoms with Crippen molar-refractivity contribution in [2.75, 3.05) is 26.7 Å². The van der Waals surface area contributed by atoms with Crippen molar-refractivity contribution in [1.82, 2.24) is 4.98 Å². The van der Waals surface area contributed by atoms with Crippen LogP contribution in [0.3, 0.4) is 0 Å². The number of aromatic nitrogens is 1. The van der Waals surface area contributed by atoms with E-state index in [2.05, 4.69) is 4.98 Å². The molecule has 0 saturated carbocycles. The molecule has 0 bridgehead atoms. The van der Waals surface area contributed by atoms with Gasteiger partial charge in [-0.25, -0.2) is 0 Å². The van der Waals surface area contributed by atoms with Gasteiger partial charge in [0.15, 0.2) is 17.2 Å². The number of nitrogen functional groups attached to an aromatic ring is 1. The van der Waals surface area contributed by atoms with Gasteiger partial charge in [0, 0.05) is 10.8 Å². The molecule has 3 aromatic rings. The molecule has 4 rings (SSSR count). The predicted molar refractivity (Wildman–Crippen MR) is 79.4 cm³/mol. The largest absolute Gasteiger partial charge is 0.493 e. The van der Waals surface area contributed by atoms with Crippen molar-refractivity contribution in [3.05, 3.63) is 18.2 Å². The summed E-state index contributed by atoms with van der Waals surface area (Å²) in [6.45, 7) is 0.180. The molecule has 0 spiro atoms. The fraction of sp³-hybridized carbons (Fsp3) is 0.200. The van der Waals surface area contributed by atoms with Crippen LogP contribution in [-0.2, 0) is 0 Å². The molecule has 0 fully saturated rings. The highest BCUT2D eigenvalue weighted by Gasteiger charge is 2.25. The number of fused-ring (bicyclic) bond motifs is 5. The molecule has 6 heteroatoms. The van der Waals surface area contributed by atoms with Crippen LogP contribution in [0.2, 0.25) is 0 Å². The Balaban J connectivity index is 2.18. The van der Waals surface area contributed by atoms with Gasteiger partial charge in [0.05, 0.1) is 30.9 Å². The zero-order valence-corrected chi connectivity index (χ0v) is 11.6. The van der Waals surface area contributed by atoms with E-state index in [-0.39, 0.29) is 6.79 Å². The number of nitrogens with two attached hydrogens (primary N) is 1. The number of methoxy groups -OCH3 is 2. The minimum atomic E-state index is 0.180. The third-order valence-electron chi connectivity index (χ3n) is 3.76. The number of ether oxygens (including phenoxy) is 4. The number of anilines is 1. The van der Waals surface area contributed by atoms with Crippen molar-refractivity contribution in [2.45, 2.75) is 0 Å². The van der Waals surface area contributed by atoms with Crippen LogP contribution in [0.25, 0.3) is 21.8 Å². The highest BCUT2D eigenvalue weighted by Crippen LogP contribution is 2.49. The van der Waals surface area contributed by atoms with E-state index >= 15 is 0 Å². The third-order valence-corrected chi connectivity index (χ3v) is 3.76. The molecule has 2 heterocycles. The maximum Gasteiger partial charge on any atom is 0.231 e. The Morgan fingerprint density at radius 2 is 1.86 bits per heavy atom. The van der Waals surface area contributed by atoms with Crippen LogP contribution >= 0.6 is 0 Å². The average molecular weight is 286 g/mol. The lowest BCUT2D eigenvalue weighted by Gasteiger charge is -2.05. The van der Waals surface area contributed by atoms with E-state index in [0.29, 0.717) is 28.7 Å². The summed E-state index contributed by atoms with van der Waals surface area (Å²) in [7, 11) is 3.21. The first kappa shape index (κ1) is 12.0. The van der Waals surface area contributed by atoms with Crippen LogP contribution in [0, 0.1) is 0 Å². The lowest BCUT2D eigenvalue weighted by atomic mass is 10.1. The highest BCUT2D eigenvalue weighted by molar-refractivity contribution is 6.13. The standard InChI is InChI=1S/C15H14N2O4/c1-18-10-5-8-7-3-4-9(16)13(19-2)11(7)17-12(8)15-14(10)20-6-21-15/h3-5,17H,6,16H2,1-2H3. The molecular formula is C15H14N2O4. The van der Waals surface area contributed by atoms with Gasteiger partial charge in [-0.15, -0.1) is 0 Å². The number of hydrogen-bond acceptors (Lipinski definition) is 5. The summed E-state index contributed by atoms with van der Waals surface area (Å²) in [6.07, 6.45) is 0. The minimum absolute atomic E-state index is 0.180. The zero-order chi connectivity index (χ0) is 14.6. The van der Waals surface area contributed by atoms with Crippen molar-refractivity contribution in [3.8, 4) is 23.0 Å². The minimum Gasteiger partial charge on any atom is -0.493 e. The fourth-order valence-corrected chi connectivity index (χ4v) is 2.82. The maximum absolute atomic E-state index is 5.96. The van der Waals surface area contributed by atoms with Crippen molar-refractivity contribution in [3.63, 3.8) is 0 Å². The van der Waals surface area contributed by atoms with Gasteiger partial charge in [-0.05, 0) is 18.2 Å². The molecule has 1 aliphatic heterocycles. The van der Waals surface area contributed by atoms with Gasteiger partial charge in [-0.1, -0.05) is 0 Å². The number of hydrogen-bond donors (Lipinski definition) is 2. The summed E-state index contributed by atoms with van der Waals surface area (Å²) in [5, 5.41) is 1.97. The number of rotatable bonds is 2. The van der Waals surface area contributed by atoms with E-state index in [1.165, 1.54) is 0 Å². The summed E-state index contributed by atoms with van der Waals surface area (Å²) in [4.78, 5) is 3.32. The van der Waals surface area contributed by atoms with E-state index in [1.54, 1.807) is 14.2 Å². The van der Waals surface area contributed by atoms with Crippen LogP contribution in [0.15, 0.2) is 18.2 Å². The summed E-state index contributed by atoms with van der Waals surface area (Å²) < 4.78 is 21.9. The van der Waals surface area contributed by atoms with Crippen molar-refractivity contribution in [1.29, 1.82) is 0 Å². The number of benzene rings is 2. The van der Waals surface area contributed by atoms with Gasteiger partial charge >= 0.3 is 0 Å². The number of aromatic amines is 1. The number of H-pyrrole nitrogens is 1. The second-order valence-corrected chi connectivity index (χ2v) is 4.80. The summed E-state index contributed by atoms with van der Waals surface area (Å²) >= 11 is 0. The van der Waals surface area contributed by atoms with E-state index < -0.39 is 0 Å². The van der Waals surface area contributed by atoms with Crippen LogP contribution in [0.4, 0.5) is 5.69 Å². The Bertz CT molecular complexity index is 869. The van der Waals surface area contributed by atoms with Crippen LogP contribution in [0.1, 0.15) is 0 Å². The fourth-order valence-electron chi connectivity index (χ4n) is 2.82. The zero-order valence-electron chi connectivity index (χ0n) is 11.6. The Hall–Kier alpha value is -2.76. The summed E-state index contributed by atoms with van der Waals surface area (Å²) in [6, 6.07) is 5.70. The molecule has 3 N–H and O–H groups in total. The highest BCUT2D eigenvalue weighted by atomic mass is 16.7. The van der Waals surface area contributed by atoms with Crippen LogP contribution in [-0.4, -0.2) is 26.0 Å². The van der Waals surface area contributed by atoms with E-state index in [0.717, 1.165) is 21.8 Å². The molecule has 0 aliphatic carbocycles. The Morgan fingerprint density at radius 3 is 2.62 bits per heavy atom. The SMILES string of the molecule is COc1cc2c([nH]c3c(OC)c(N)ccc32)c2c1OCO2. The molecule has 0 amide bonds. The maximum atomic E-state index is 5.96. The average Bonchev–Trinajstić information content (AvgIpc) is 3.10. The Morgan fingerprint density at radius 1 is 1.05 bits per heavy atom. The molecule has 6 nitrogen and oxygen atoms in total. The normalized spacial score (nSPS) is 13.0. The van der Waals surface area contributed by atoms with Gasteiger partial charge in [0.2, 0.25) is 12.5 Å². The molecule has 1 aromatic heterocycles. The van der Waals surface area contributed by atoms with Gasteiger partial charge in [-0.3, -0.25) is 0 Å². The first-order valence-corrected chi connectivity index (χ1v) is 6.49. The molecule has 0 unspecified atom stereocenters. The molecule has 0 saturated heterocycles. The predicted octanol–water partition coefficient (Wildman–Crippen LogP) is 2.65.